The van der Waals surface area contributed by atoms with Crippen LogP contribution in [0.1, 0.15) is 46.5 Å². The van der Waals surface area contributed by atoms with Gasteiger partial charge in [-0.05, 0) is 18.3 Å². The molecular weight excluding hydrogens is 218 g/mol. The third kappa shape index (κ3) is 2.50. The molecule has 1 saturated heterocycles. The van der Waals surface area contributed by atoms with Gasteiger partial charge in [0.15, 0.2) is 5.79 Å². The molecule has 0 aromatic rings. The Bertz CT molecular complexity index is 269. The molecule has 0 aromatic carbocycles. The van der Waals surface area contributed by atoms with E-state index in [1.54, 1.807) is 0 Å². The highest BCUT2D eigenvalue weighted by Gasteiger charge is 2.50. The van der Waals surface area contributed by atoms with Gasteiger partial charge in [0, 0.05) is 18.9 Å². The average molecular weight is 243 g/mol. The van der Waals surface area contributed by atoms with Gasteiger partial charge >= 0.3 is 0 Å². The Morgan fingerprint density at radius 1 is 1.06 bits per heavy atom. The first kappa shape index (κ1) is 13.3. The standard InChI is InChI=1S/C13H25NO3/c1-11(2,3)10(14)12(15)4-6-13(7-5-12)16-8-9-17-13/h10,15H,4-9,14H2,1-3H3. The van der Waals surface area contributed by atoms with Crippen molar-refractivity contribution in [2.75, 3.05) is 13.2 Å². The monoisotopic (exact) mass is 243 g/mol. The lowest BCUT2D eigenvalue weighted by Gasteiger charge is -2.47. The van der Waals surface area contributed by atoms with Crippen molar-refractivity contribution in [3.8, 4) is 0 Å². The fourth-order valence-electron chi connectivity index (χ4n) is 2.97. The summed E-state index contributed by atoms with van der Waals surface area (Å²) in [5.74, 6) is -0.427. The summed E-state index contributed by atoms with van der Waals surface area (Å²) in [4.78, 5) is 0. The highest BCUT2D eigenvalue weighted by Crippen LogP contribution is 2.43. The van der Waals surface area contributed by atoms with Crippen molar-refractivity contribution in [1.29, 1.82) is 0 Å². The van der Waals surface area contributed by atoms with Gasteiger partial charge in [-0.1, -0.05) is 20.8 Å². The minimum atomic E-state index is -0.779. The van der Waals surface area contributed by atoms with Crippen LogP contribution in [0.25, 0.3) is 0 Å². The molecule has 1 heterocycles. The average Bonchev–Trinajstić information content (AvgIpc) is 2.70. The molecule has 1 saturated carbocycles. The molecule has 2 rings (SSSR count). The minimum Gasteiger partial charge on any atom is -0.388 e. The van der Waals surface area contributed by atoms with E-state index in [2.05, 4.69) is 20.8 Å². The maximum atomic E-state index is 10.7. The molecule has 100 valence electrons. The summed E-state index contributed by atoms with van der Waals surface area (Å²) in [7, 11) is 0. The summed E-state index contributed by atoms with van der Waals surface area (Å²) in [6, 6.07) is -0.214. The number of aliphatic hydroxyl groups is 1. The van der Waals surface area contributed by atoms with Crippen molar-refractivity contribution in [1.82, 2.24) is 0 Å². The minimum absolute atomic E-state index is 0.0867. The quantitative estimate of drug-likeness (QED) is 0.731. The SMILES string of the molecule is CC(C)(C)C(N)C1(O)CCC2(CC1)OCCO2. The van der Waals surface area contributed by atoms with Gasteiger partial charge in [-0.3, -0.25) is 0 Å². The topological polar surface area (TPSA) is 64.7 Å². The predicted octanol–water partition coefficient (Wildman–Crippen LogP) is 1.41. The van der Waals surface area contributed by atoms with E-state index >= 15 is 0 Å². The third-order valence-electron chi connectivity index (χ3n) is 4.20. The van der Waals surface area contributed by atoms with Crippen LogP contribution in [0, 0.1) is 5.41 Å². The molecule has 4 nitrogen and oxygen atoms in total. The van der Waals surface area contributed by atoms with E-state index in [-0.39, 0.29) is 11.5 Å². The second kappa shape index (κ2) is 4.19. The van der Waals surface area contributed by atoms with E-state index in [1.807, 2.05) is 0 Å². The van der Waals surface area contributed by atoms with Crippen LogP contribution in [-0.4, -0.2) is 35.8 Å². The van der Waals surface area contributed by atoms with Crippen molar-refractivity contribution in [2.45, 2.75) is 63.9 Å². The van der Waals surface area contributed by atoms with E-state index in [1.165, 1.54) is 0 Å². The van der Waals surface area contributed by atoms with E-state index < -0.39 is 11.4 Å². The van der Waals surface area contributed by atoms with Crippen LogP contribution >= 0.6 is 0 Å². The zero-order valence-electron chi connectivity index (χ0n) is 11.2. The second-order valence-corrected chi connectivity index (χ2v) is 6.55. The first-order chi connectivity index (χ1) is 7.78. The van der Waals surface area contributed by atoms with Crippen LogP contribution in [0.15, 0.2) is 0 Å². The summed E-state index contributed by atoms with van der Waals surface area (Å²) in [5, 5.41) is 10.7. The van der Waals surface area contributed by atoms with Gasteiger partial charge in [0.2, 0.25) is 0 Å². The van der Waals surface area contributed by atoms with Crippen LogP contribution in [0.4, 0.5) is 0 Å². The summed E-state index contributed by atoms with van der Waals surface area (Å²) >= 11 is 0. The Balaban J connectivity index is 2.01. The van der Waals surface area contributed by atoms with E-state index in [4.69, 9.17) is 15.2 Å². The maximum absolute atomic E-state index is 10.7. The van der Waals surface area contributed by atoms with Gasteiger partial charge in [0.05, 0.1) is 18.8 Å². The second-order valence-electron chi connectivity index (χ2n) is 6.55. The molecule has 2 aliphatic rings. The van der Waals surface area contributed by atoms with Gasteiger partial charge in [0.1, 0.15) is 0 Å². The summed E-state index contributed by atoms with van der Waals surface area (Å²) < 4.78 is 11.3. The van der Waals surface area contributed by atoms with Crippen LogP contribution in [0.3, 0.4) is 0 Å². The Hall–Kier alpha value is -0.160. The summed E-state index contributed by atoms with van der Waals surface area (Å²) in [6.45, 7) is 7.56. The number of ether oxygens (including phenoxy) is 2. The van der Waals surface area contributed by atoms with Gasteiger partial charge in [0.25, 0.3) is 0 Å². The molecule has 3 N–H and O–H groups in total. The number of hydrogen-bond donors (Lipinski definition) is 2. The highest BCUT2D eigenvalue weighted by atomic mass is 16.7. The number of hydrogen-bond acceptors (Lipinski definition) is 4. The molecule has 0 amide bonds. The van der Waals surface area contributed by atoms with Crippen molar-refractivity contribution in [2.24, 2.45) is 11.1 Å². The first-order valence-corrected chi connectivity index (χ1v) is 6.53. The Morgan fingerprint density at radius 3 is 1.94 bits per heavy atom. The van der Waals surface area contributed by atoms with Crippen LogP contribution in [0.5, 0.6) is 0 Å². The van der Waals surface area contributed by atoms with Gasteiger partial charge in [-0.25, -0.2) is 0 Å². The van der Waals surface area contributed by atoms with Crippen molar-refractivity contribution in [3.63, 3.8) is 0 Å². The number of nitrogens with two attached hydrogens (primary N) is 1. The van der Waals surface area contributed by atoms with Crippen molar-refractivity contribution >= 4 is 0 Å². The molecule has 0 aromatic heterocycles. The zero-order valence-corrected chi connectivity index (χ0v) is 11.2. The van der Waals surface area contributed by atoms with E-state index in [0.717, 1.165) is 12.8 Å². The van der Waals surface area contributed by atoms with Gasteiger partial charge in [-0.2, -0.15) is 0 Å². The largest absolute Gasteiger partial charge is 0.388 e. The molecule has 1 unspecified atom stereocenters. The smallest absolute Gasteiger partial charge is 0.168 e. The van der Waals surface area contributed by atoms with Gasteiger partial charge in [-0.15, -0.1) is 0 Å². The molecule has 2 fully saturated rings. The first-order valence-electron chi connectivity index (χ1n) is 6.53. The molecule has 0 radical (unpaired) electrons. The fraction of sp³-hybridized carbons (Fsp3) is 1.00. The van der Waals surface area contributed by atoms with Crippen molar-refractivity contribution < 1.29 is 14.6 Å². The summed E-state index contributed by atoms with van der Waals surface area (Å²) in [5.41, 5.74) is 5.35. The van der Waals surface area contributed by atoms with E-state index in [9.17, 15) is 5.11 Å². The van der Waals surface area contributed by atoms with Crippen LogP contribution < -0.4 is 5.73 Å². The lowest BCUT2D eigenvalue weighted by atomic mass is 9.69. The summed E-state index contributed by atoms with van der Waals surface area (Å²) in [6.07, 6.45) is 2.80. The molecule has 4 heteroatoms. The van der Waals surface area contributed by atoms with E-state index in [0.29, 0.717) is 26.1 Å². The van der Waals surface area contributed by atoms with Crippen LogP contribution in [-0.2, 0) is 9.47 Å². The Labute approximate surface area is 103 Å². The number of rotatable bonds is 1. The molecule has 1 aliphatic carbocycles. The fourth-order valence-corrected chi connectivity index (χ4v) is 2.97. The third-order valence-corrected chi connectivity index (χ3v) is 4.20. The molecule has 17 heavy (non-hydrogen) atoms. The lowest BCUT2D eigenvalue weighted by Crippen LogP contribution is -2.58. The normalized spacial score (nSPS) is 29.5. The molecular formula is C13H25NO3. The Kier molecular flexibility index (Phi) is 3.28. The van der Waals surface area contributed by atoms with Crippen LogP contribution in [0.2, 0.25) is 0 Å². The molecule has 1 spiro atoms. The predicted molar refractivity (Wildman–Crippen MR) is 65.5 cm³/mol. The van der Waals surface area contributed by atoms with Crippen molar-refractivity contribution in [3.05, 3.63) is 0 Å². The maximum Gasteiger partial charge on any atom is 0.168 e. The Morgan fingerprint density at radius 2 is 1.53 bits per heavy atom. The highest BCUT2D eigenvalue weighted by molar-refractivity contribution is 5.01. The molecule has 0 bridgehead atoms. The molecule has 1 aliphatic heterocycles. The van der Waals surface area contributed by atoms with Gasteiger partial charge < -0.3 is 20.3 Å². The lowest BCUT2D eigenvalue weighted by molar-refractivity contribution is -0.208. The molecule has 1 atom stereocenters. The zero-order chi connectivity index (χ0) is 12.7.